The van der Waals surface area contributed by atoms with Gasteiger partial charge in [0.2, 0.25) is 5.91 Å². The molecule has 3 aromatic rings. The van der Waals surface area contributed by atoms with Gasteiger partial charge in [0.1, 0.15) is 11.9 Å². The maximum Gasteiger partial charge on any atom is 0.318 e. The predicted molar refractivity (Wildman–Crippen MR) is 147 cm³/mol. The molecule has 4 N–H and O–H groups in total. The number of urea groups is 1. The highest BCUT2D eigenvalue weighted by Gasteiger charge is 2.42. The maximum atomic E-state index is 13.5. The molecule has 6 rings (SSSR count). The van der Waals surface area contributed by atoms with Gasteiger partial charge in [-0.3, -0.25) is 9.69 Å². The van der Waals surface area contributed by atoms with Crippen molar-refractivity contribution in [3.63, 3.8) is 0 Å². The van der Waals surface area contributed by atoms with Crippen molar-refractivity contribution < 1.29 is 14.0 Å². The molecule has 3 amide bonds. The van der Waals surface area contributed by atoms with Crippen molar-refractivity contribution in [1.82, 2.24) is 15.1 Å². The van der Waals surface area contributed by atoms with Crippen molar-refractivity contribution in [2.75, 3.05) is 17.6 Å². The first-order chi connectivity index (χ1) is 18.4. The van der Waals surface area contributed by atoms with E-state index < -0.39 is 6.04 Å². The number of carbonyl (C=O) groups is 2. The molecule has 0 aromatic heterocycles. The molecule has 2 bridgehead atoms. The van der Waals surface area contributed by atoms with E-state index in [4.69, 9.17) is 5.73 Å². The predicted octanol–water partition coefficient (Wildman–Crippen LogP) is 4.87. The van der Waals surface area contributed by atoms with E-state index in [0.29, 0.717) is 36.4 Å². The Kier molecular flexibility index (Phi) is 6.66. The van der Waals surface area contributed by atoms with Gasteiger partial charge in [-0.1, -0.05) is 30.3 Å². The molecule has 7 nitrogen and oxygen atoms in total. The third-order valence-electron chi connectivity index (χ3n) is 8.48. The summed E-state index contributed by atoms with van der Waals surface area (Å²) in [5, 5.41) is 8.12. The van der Waals surface area contributed by atoms with Crippen LogP contribution in [0, 0.1) is 5.82 Å². The van der Waals surface area contributed by atoms with Crippen molar-refractivity contribution in [3.05, 3.63) is 72.0 Å². The van der Waals surface area contributed by atoms with Crippen molar-refractivity contribution in [1.29, 1.82) is 0 Å². The topological polar surface area (TPSA) is 90.7 Å². The number of para-hydroxylation sites is 2. The zero-order chi connectivity index (χ0) is 26.2. The summed E-state index contributed by atoms with van der Waals surface area (Å²) in [5.74, 6) is -0.405. The standard InChI is InChI=1S/C30H34FN5O2/c31-22-10-9-20-14-19(7-8-21(20)15-22)18-36-24-11-12-25(36)17-23(16-24)33-30(38)35-13-3-6-28(35)29(37)34-27-5-2-1-4-26(27)32/h1-2,4-5,7-10,14-15,23-25,28H,3,6,11-13,16-18,32H2,(H,33,38)(H,34,37)/t24-,25-,28+/m1/s1. The number of rotatable bonds is 5. The van der Waals surface area contributed by atoms with Crippen LogP contribution in [0.25, 0.3) is 10.8 Å². The summed E-state index contributed by atoms with van der Waals surface area (Å²) >= 11 is 0. The number of hydrogen-bond acceptors (Lipinski definition) is 4. The Labute approximate surface area is 222 Å². The lowest BCUT2D eigenvalue weighted by molar-refractivity contribution is -0.119. The molecule has 3 aliphatic rings. The van der Waals surface area contributed by atoms with Crippen LogP contribution >= 0.6 is 0 Å². The van der Waals surface area contributed by atoms with E-state index in [-0.39, 0.29) is 23.8 Å². The number of carbonyl (C=O) groups excluding carboxylic acids is 2. The Hall–Kier alpha value is -3.65. The van der Waals surface area contributed by atoms with Crippen LogP contribution in [0.15, 0.2) is 60.7 Å². The third-order valence-corrected chi connectivity index (χ3v) is 8.48. The number of amides is 3. The van der Waals surface area contributed by atoms with Crippen LogP contribution in [0.3, 0.4) is 0 Å². The van der Waals surface area contributed by atoms with Crippen molar-refractivity contribution in [2.45, 2.75) is 69.2 Å². The first-order valence-electron chi connectivity index (χ1n) is 13.6. The number of nitrogens with one attached hydrogen (secondary N) is 2. The smallest absolute Gasteiger partial charge is 0.318 e. The van der Waals surface area contributed by atoms with Crippen LogP contribution in [0.1, 0.15) is 44.1 Å². The zero-order valence-electron chi connectivity index (χ0n) is 21.4. The second kappa shape index (κ2) is 10.3. The molecule has 0 aliphatic carbocycles. The van der Waals surface area contributed by atoms with Gasteiger partial charge in [0, 0.05) is 31.2 Å². The molecule has 3 heterocycles. The second-order valence-corrected chi connectivity index (χ2v) is 10.9. The summed E-state index contributed by atoms with van der Waals surface area (Å²) in [6.07, 6.45) is 5.52. The Morgan fingerprint density at radius 3 is 2.47 bits per heavy atom. The summed E-state index contributed by atoms with van der Waals surface area (Å²) in [5.41, 5.74) is 8.30. The average Bonchev–Trinajstić information content (AvgIpc) is 3.48. The Bertz CT molecular complexity index is 1350. The minimum Gasteiger partial charge on any atom is -0.397 e. The maximum absolute atomic E-state index is 13.5. The summed E-state index contributed by atoms with van der Waals surface area (Å²) < 4.78 is 13.5. The molecule has 0 saturated carbocycles. The summed E-state index contributed by atoms with van der Waals surface area (Å²) in [7, 11) is 0. The van der Waals surface area contributed by atoms with E-state index in [9.17, 15) is 14.0 Å². The molecule has 3 aromatic carbocycles. The van der Waals surface area contributed by atoms with E-state index in [0.717, 1.165) is 49.4 Å². The molecule has 0 unspecified atom stereocenters. The number of nitrogens with zero attached hydrogens (tertiary/aromatic N) is 2. The van der Waals surface area contributed by atoms with Crippen LogP contribution < -0.4 is 16.4 Å². The summed E-state index contributed by atoms with van der Waals surface area (Å²) in [6, 6.07) is 18.6. The number of nitrogen functional groups attached to an aromatic ring is 1. The number of anilines is 2. The first-order valence-corrected chi connectivity index (χ1v) is 13.6. The van der Waals surface area contributed by atoms with E-state index in [1.54, 1.807) is 23.1 Å². The van der Waals surface area contributed by atoms with Gasteiger partial charge in [-0.15, -0.1) is 0 Å². The monoisotopic (exact) mass is 515 g/mol. The van der Waals surface area contributed by atoms with Crippen LogP contribution in [0.5, 0.6) is 0 Å². The highest BCUT2D eigenvalue weighted by atomic mass is 19.1. The molecule has 0 spiro atoms. The molecule has 198 valence electrons. The van der Waals surface area contributed by atoms with E-state index >= 15 is 0 Å². The van der Waals surface area contributed by atoms with Gasteiger partial charge in [0.15, 0.2) is 0 Å². The molecule has 8 heteroatoms. The normalized spacial score (nSPS) is 25.0. The van der Waals surface area contributed by atoms with E-state index in [2.05, 4.69) is 27.7 Å². The Morgan fingerprint density at radius 1 is 0.947 bits per heavy atom. The van der Waals surface area contributed by atoms with Crippen molar-refractivity contribution in [2.24, 2.45) is 0 Å². The molecule has 3 saturated heterocycles. The zero-order valence-corrected chi connectivity index (χ0v) is 21.4. The molecular weight excluding hydrogens is 481 g/mol. The number of nitrogens with two attached hydrogens (primary N) is 1. The number of fused-ring (bicyclic) bond motifs is 3. The van der Waals surface area contributed by atoms with Gasteiger partial charge in [0.25, 0.3) is 0 Å². The number of piperidine rings is 1. The van der Waals surface area contributed by atoms with Crippen LogP contribution in [0.4, 0.5) is 20.6 Å². The van der Waals surface area contributed by atoms with Crippen molar-refractivity contribution >= 4 is 34.1 Å². The summed E-state index contributed by atoms with van der Waals surface area (Å²) in [4.78, 5) is 30.5. The van der Waals surface area contributed by atoms with Crippen LogP contribution in [-0.4, -0.2) is 52.5 Å². The highest BCUT2D eigenvalue weighted by molar-refractivity contribution is 5.99. The average molecular weight is 516 g/mol. The minimum atomic E-state index is -0.493. The lowest BCUT2D eigenvalue weighted by Gasteiger charge is -2.40. The fourth-order valence-electron chi connectivity index (χ4n) is 6.59. The second-order valence-electron chi connectivity index (χ2n) is 10.9. The van der Waals surface area contributed by atoms with Gasteiger partial charge in [-0.2, -0.15) is 0 Å². The van der Waals surface area contributed by atoms with Crippen LogP contribution in [0.2, 0.25) is 0 Å². The van der Waals surface area contributed by atoms with E-state index in [1.165, 1.54) is 11.6 Å². The van der Waals surface area contributed by atoms with Gasteiger partial charge >= 0.3 is 6.03 Å². The van der Waals surface area contributed by atoms with Crippen molar-refractivity contribution in [3.8, 4) is 0 Å². The number of halogens is 1. The minimum absolute atomic E-state index is 0.102. The lowest BCUT2D eigenvalue weighted by Crippen LogP contribution is -2.54. The molecule has 0 radical (unpaired) electrons. The lowest BCUT2D eigenvalue weighted by atomic mass is 9.96. The number of benzene rings is 3. The third kappa shape index (κ3) is 4.92. The number of likely N-dealkylation sites (tertiary alicyclic amines) is 1. The molecule has 3 atom stereocenters. The number of hydrogen-bond donors (Lipinski definition) is 3. The largest absolute Gasteiger partial charge is 0.397 e. The SMILES string of the molecule is Nc1ccccc1NC(=O)[C@@H]1CCCN1C(=O)NC1C[C@H]2CC[C@H](C1)N2Cc1ccc2cc(F)ccc2c1. The van der Waals surface area contributed by atoms with Gasteiger partial charge in [-0.05, 0) is 85.2 Å². The quantitative estimate of drug-likeness (QED) is 0.423. The van der Waals surface area contributed by atoms with Gasteiger partial charge in [0.05, 0.1) is 11.4 Å². The highest BCUT2D eigenvalue weighted by Crippen LogP contribution is 2.37. The molecule has 38 heavy (non-hydrogen) atoms. The first kappa shape index (κ1) is 24.7. The van der Waals surface area contributed by atoms with Crippen LogP contribution in [-0.2, 0) is 11.3 Å². The Morgan fingerprint density at radius 2 is 1.68 bits per heavy atom. The summed E-state index contributed by atoms with van der Waals surface area (Å²) in [6.45, 7) is 1.44. The Balaban J connectivity index is 1.06. The van der Waals surface area contributed by atoms with Gasteiger partial charge < -0.3 is 21.3 Å². The van der Waals surface area contributed by atoms with Gasteiger partial charge in [-0.25, -0.2) is 9.18 Å². The molecular formula is C30H34FN5O2. The fraction of sp³-hybridized carbons (Fsp3) is 0.400. The molecule has 3 fully saturated rings. The fourth-order valence-corrected chi connectivity index (χ4v) is 6.59. The molecule has 3 aliphatic heterocycles. The van der Waals surface area contributed by atoms with E-state index in [1.807, 2.05) is 24.3 Å².